The summed E-state index contributed by atoms with van der Waals surface area (Å²) in [5, 5.41) is 10.1. The van der Waals surface area contributed by atoms with Crippen molar-refractivity contribution < 1.29 is 9.90 Å². The second-order valence-electron chi connectivity index (χ2n) is 4.40. The molecule has 4 nitrogen and oxygen atoms in total. The van der Waals surface area contributed by atoms with Crippen LogP contribution in [0.25, 0.3) is 10.9 Å². The van der Waals surface area contributed by atoms with Crippen molar-refractivity contribution in [3.63, 3.8) is 0 Å². The summed E-state index contributed by atoms with van der Waals surface area (Å²) in [5.41, 5.74) is 1.87. The molecule has 0 aliphatic carbocycles. The molecule has 0 fully saturated rings. The van der Waals surface area contributed by atoms with Gasteiger partial charge in [0.15, 0.2) is 0 Å². The number of aryl methyl sites for hydroxylation is 3. The largest absolute Gasteiger partial charge is 0.477 e. The molecule has 1 N–H and O–H groups in total. The lowest BCUT2D eigenvalue weighted by Gasteiger charge is -2.12. The van der Waals surface area contributed by atoms with Crippen molar-refractivity contribution in [2.75, 3.05) is 0 Å². The molecular formula is C14H15NO3. The quantitative estimate of drug-likeness (QED) is 0.881. The first-order valence-electron chi connectivity index (χ1n) is 5.82. The summed E-state index contributed by atoms with van der Waals surface area (Å²) in [6.45, 7) is 3.81. The number of nitrogens with zero attached hydrogens (tertiary/aromatic N) is 1. The van der Waals surface area contributed by atoms with E-state index in [0.29, 0.717) is 12.0 Å². The summed E-state index contributed by atoms with van der Waals surface area (Å²) in [6.07, 6.45) is 0.525. The van der Waals surface area contributed by atoms with Crippen LogP contribution < -0.4 is 5.56 Å². The molecule has 2 aromatic rings. The van der Waals surface area contributed by atoms with Crippen LogP contribution in [0.5, 0.6) is 0 Å². The van der Waals surface area contributed by atoms with E-state index in [4.69, 9.17) is 0 Å². The molecule has 0 unspecified atom stereocenters. The molecular weight excluding hydrogens is 230 g/mol. The molecule has 2 rings (SSSR count). The van der Waals surface area contributed by atoms with Crippen molar-refractivity contribution in [3.05, 3.63) is 45.2 Å². The lowest BCUT2D eigenvalue weighted by molar-refractivity contribution is 0.0693. The normalized spacial score (nSPS) is 10.8. The van der Waals surface area contributed by atoms with E-state index in [0.717, 1.165) is 16.5 Å². The first-order chi connectivity index (χ1) is 8.47. The molecule has 0 spiro atoms. The van der Waals surface area contributed by atoms with E-state index >= 15 is 0 Å². The van der Waals surface area contributed by atoms with Crippen molar-refractivity contribution in [1.82, 2.24) is 4.57 Å². The highest BCUT2D eigenvalue weighted by atomic mass is 16.4. The number of rotatable bonds is 2. The van der Waals surface area contributed by atoms with E-state index in [-0.39, 0.29) is 5.56 Å². The minimum atomic E-state index is -1.16. The van der Waals surface area contributed by atoms with Gasteiger partial charge in [0.05, 0.1) is 5.52 Å². The number of benzene rings is 1. The van der Waals surface area contributed by atoms with Gasteiger partial charge in [0.2, 0.25) is 0 Å². The van der Waals surface area contributed by atoms with E-state index in [9.17, 15) is 14.7 Å². The topological polar surface area (TPSA) is 59.3 Å². The van der Waals surface area contributed by atoms with Crippen LogP contribution in [0.4, 0.5) is 0 Å². The number of hydrogen-bond donors (Lipinski definition) is 1. The van der Waals surface area contributed by atoms with Gasteiger partial charge in [-0.1, -0.05) is 18.6 Å². The van der Waals surface area contributed by atoms with E-state index in [1.54, 1.807) is 7.05 Å². The fourth-order valence-electron chi connectivity index (χ4n) is 2.31. The predicted molar refractivity (Wildman–Crippen MR) is 70.3 cm³/mol. The zero-order chi connectivity index (χ0) is 13.4. The van der Waals surface area contributed by atoms with Crippen molar-refractivity contribution in [3.8, 4) is 0 Å². The summed E-state index contributed by atoms with van der Waals surface area (Å²) >= 11 is 0. The number of carboxylic acid groups (broad SMARTS) is 1. The molecule has 1 aromatic heterocycles. The number of aromatic nitrogens is 1. The van der Waals surface area contributed by atoms with E-state index < -0.39 is 11.5 Å². The van der Waals surface area contributed by atoms with E-state index in [1.807, 2.05) is 32.0 Å². The van der Waals surface area contributed by atoms with Crippen LogP contribution in [0.1, 0.15) is 28.4 Å². The number of carbonyl (C=O) groups is 1. The first-order valence-corrected chi connectivity index (χ1v) is 5.82. The smallest absolute Gasteiger partial charge is 0.341 e. The summed E-state index contributed by atoms with van der Waals surface area (Å²) in [7, 11) is 1.60. The van der Waals surface area contributed by atoms with Gasteiger partial charge in [-0.3, -0.25) is 4.79 Å². The maximum Gasteiger partial charge on any atom is 0.341 e. The zero-order valence-corrected chi connectivity index (χ0v) is 10.7. The molecule has 0 atom stereocenters. The lowest BCUT2D eigenvalue weighted by atomic mass is 9.99. The van der Waals surface area contributed by atoms with Crippen LogP contribution in [0.15, 0.2) is 23.0 Å². The average molecular weight is 245 g/mol. The van der Waals surface area contributed by atoms with Crippen molar-refractivity contribution in [2.45, 2.75) is 20.3 Å². The second kappa shape index (κ2) is 4.29. The molecule has 0 amide bonds. The Balaban J connectivity index is 3.07. The van der Waals surface area contributed by atoms with E-state index in [2.05, 4.69) is 0 Å². The Morgan fingerprint density at radius 1 is 1.39 bits per heavy atom. The fraction of sp³-hybridized carbons (Fsp3) is 0.286. The Morgan fingerprint density at radius 3 is 2.61 bits per heavy atom. The van der Waals surface area contributed by atoms with Crippen LogP contribution in [-0.2, 0) is 13.5 Å². The predicted octanol–water partition coefficient (Wildman–Crippen LogP) is 2.11. The molecule has 0 saturated heterocycles. The van der Waals surface area contributed by atoms with Crippen molar-refractivity contribution in [2.24, 2.45) is 7.05 Å². The minimum absolute atomic E-state index is 0.113. The van der Waals surface area contributed by atoms with Crippen molar-refractivity contribution >= 4 is 16.9 Å². The molecule has 1 aromatic carbocycles. The molecule has 0 aliphatic rings. The van der Waals surface area contributed by atoms with Gasteiger partial charge in [0, 0.05) is 12.4 Å². The van der Waals surface area contributed by atoms with Gasteiger partial charge in [-0.05, 0) is 31.0 Å². The SMILES string of the molecule is CCc1c(C(=O)O)c(=O)n(C)c2ccc(C)cc12. The van der Waals surface area contributed by atoms with Crippen LogP contribution in [-0.4, -0.2) is 15.6 Å². The maximum absolute atomic E-state index is 12.1. The van der Waals surface area contributed by atoms with Gasteiger partial charge >= 0.3 is 5.97 Å². The van der Waals surface area contributed by atoms with Gasteiger partial charge < -0.3 is 9.67 Å². The molecule has 0 radical (unpaired) electrons. The van der Waals surface area contributed by atoms with Crippen molar-refractivity contribution in [1.29, 1.82) is 0 Å². The summed E-state index contributed by atoms with van der Waals surface area (Å²) in [6, 6.07) is 5.71. The van der Waals surface area contributed by atoms with Crippen LogP contribution in [0, 0.1) is 6.92 Å². The highest BCUT2D eigenvalue weighted by molar-refractivity contribution is 5.96. The van der Waals surface area contributed by atoms with Crippen LogP contribution in [0.2, 0.25) is 0 Å². The van der Waals surface area contributed by atoms with Crippen LogP contribution >= 0.6 is 0 Å². The Bertz CT molecular complexity index is 698. The third-order valence-electron chi connectivity index (χ3n) is 3.23. The van der Waals surface area contributed by atoms with E-state index in [1.165, 1.54) is 4.57 Å². The standard InChI is InChI=1S/C14H15NO3/c1-4-9-10-7-8(2)5-6-11(10)15(3)13(16)12(9)14(17)18/h5-7H,4H2,1-3H3,(H,17,18). The average Bonchev–Trinajstić information content (AvgIpc) is 2.32. The van der Waals surface area contributed by atoms with Gasteiger partial charge in [-0.25, -0.2) is 4.79 Å². The monoisotopic (exact) mass is 245 g/mol. The molecule has 4 heteroatoms. The molecule has 0 aliphatic heterocycles. The summed E-state index contributed by atoms with van der Waals surface area (Å²) in [5.74, 6) is -1.16. The number of hydrogen-bond acceptors (Lipinski definition) is 2. The Hall–Kier alpha value is -2.10. The van der Waals surface area contributed by atoms with Gasteiger partial charge in [-0.15, -0.1) is 0 Å². The number of carboxylic acids is 1. The number of fused-ring (bicyclic) bond motifs is 1. The fourth-order valence-corrected chi connectivity index (χ4v) is 2.31. The Morgan fingerprint density at radius 2 is 2.06 bits per heavy atom. The number of pyridine rings is 1. The highest BCUT2D eigenvalue weighted by Gasteiger charge is 2.19. The highest BCUT2D eigenvalue weighted by Crippen LogP contribution is 2.21. The molecule has 0 bridgehead atoms. The molecule has 18 heavy (non-hydrogen) atoms. The summed E-state index contributed by atoms with van der Waals surface area (Å²) in [4.78, 5) is 23.3. The maximum atomic E-state index is 12.1. The second-order valence-corrected chi connectivity index (χ2v) is 4.40. The Labute approximate surface area is 104 Å². The molecule has 1 heterocycles. The molecule has 94 valence electrons. The Kier molecular flexibility index (Phi) is 2.95. The number of aromatic carboxylic acids is 1. The third kappa shape index (κ3) is 1.70. The summed E-state index contributed by atoms with van der Waals surface area (Å²) < 4.78 is 1.40. The third-order valence-corrected chi connectivity index (χ3v) is 3.23. The minimum Gasteiger partial charge on any atom is -0.477 e. The zero-order valence-electron chi connectivity index (χ0n) is 10.7. The van der Waals surface area contributed by atoms with Gasteiger partial charge in [0.25, 0.3) is 5.56 Å². The molecule has 0 saturated carbocycles. The first kappa shape index (κ1) is 12.4. The lowest BCUT2D eigenvalue weighted by Crippen LogP contribution is -2.27. The van der Waals surface area contributed by atoms with Gasteiger partial charge in [-0.2, -0.15) is 0 Å². The van der Waals surface area contributed by atoms with Crippen LogP contribution in [0.3, 0.4) is 0 Å². The van der Waals surface area contributed by atoms with Gasteiger partial charge in [0.1, 0.15) is 5.56 Å².